The average molecular weight is 435 g/mol. The number of pyridine rings is 1. The van der Waals surface area contributed by atoms with Crippen LogP contribution in [0, 0.1) is 0 Å². The highest BCUT2D eigenvalue weighted by atomic mass is 35.5. The number of aryl methyl sites for hydroxylation is 1. The van der Waals surface area contributed by atoms with E-state index in [1.54, 1.807) is 35.9 Å². The summed E-state index contributed by atoms with van der Waals surface area (Å²) in [5, 5.41) is 1.03. The van der Waals surface area contributed by atoms with Crippen molar-refractivity contribution in [2.45, 2.75) is 52.1 Å². The first-order valence-corrected chi connectivity index (χ1v) is 10.4. The number of aromatic nitrogens is 3. The number of carbonyl (C=O) groups is 1. The summed E-state index contributed by atoms with van der Waals surface area (Å²) in [6, 6.07) is 7.10. The van der Waals surface area contributed by atoms with Gasteiger partial charge in [-0.3, -0.25) is 13.9 Å². The van der Waals surface area contributed by atoms with Crippen LogP contribution in [0.3, 0.4) is 0 Å². The molecule has 6 nitrogen and oxygen atoms in total. The molecular weight excluding hydrogens is 411 g/mol. The molecule has 3 aromatic rings. The minimum absolute atomic E-state index is 0.298. The average Bonchev–Trinajstić information content (AvgIpc) is 2.95. The Bertz CT molecular complexity index is 1120. The third-order valence-corrected chi connectivity index (χ3v) is 5.76. The molecule has 0 aliphatic carbocycles. The molecule has 1 amide bonds. The molecule has 1 atom stereocenters. The van der Waals surface area contributed by atoms with E-state index < -0.39 is 11.4 Å². The number of hydrogen-bond donors (Lipinski definition) is 1. The van der Waals surface area contributed by atoms with Crippen LogP contribution in [0.5, 0.6) is 0 Å². The van der Waals surface area contributed by atoms with E-state index in [4.69, 9.17) is 28.9 Å². The van der Waals surface area contributed by atoms with Crippen LogP contribution in [0.2, 0.25) is 10.0 Å². The standard InChI is InChI=1S/C21H24Cl2N4O2/c1-4-6-7-21(3,19(24)28)27-18-17(26(5-2)20(27)29)10-14(12-25-18)13-8-15(22)11-16(23)9-13/h8-12H,4-7H2,1-3H3,(H2,24,28). The normalized spacial score (nSPS) is 13.6. The van der Waals surface area contributed by atoms with E-state index in [2.05, 4.69) is 4.98 Å². The summed E-state index contributed by atoms with van der Waals surface area (Å²) in [6.07, 6.45) is 3.78. The SMILES string of the molecule is CCCCC(C)(C(N)=O)n1c(=O)n(CC)c2cc(-c3cc(Cl)cc(Cl)c3)cnc21. The van der Waals surface area contributed by atoms with E-state index in [1.165, 1.54) is 4.57 Å². The fourth-order valence-electron chi connectivity index (χ4n) is 3.63. The van der Waals surface area contributed by atoms with Crippen molar-refractivity contribution >= 4 is 40.3 Å². The fourth-order valence-corrected chi connectivity index (χ4v) is 4.15. The van der Waals surface area contributed by atoms with Gasteiger partial charge in [0.2, 0.25) is 5.91 Å². The lowest BCUT2D eigenvalue weighted by Crippen LogP contribution is -2.48. The highest BCUT2D eigenvalue weighted by molar-refractivity contribution is 6.35. The second-order valence-corrected chi connectivity index (χ2v) is 8.20. The number of fused-ring (bicyclic) bond motifs is 1. The monoisotopic (exact) mass is 434 g/mol. The summed E-state index contributed by atoms with van der Waals surface area (Å²) in [4.78, 5) is 30.2. The maximum atomic E-state index is 13.2. The lowest BCUT2D eigenvalue weighted by molar-refractivity contribution is -0.126. The Labute approximate surface area is 179 Å². The molecule has 1 aromatic carbocycles. The molecule has 29 heavy (non-hydrogen) atoms. The predicted octanol–water partition coefficient (Wildman–Crippen LogP) is 4.58. The van der Waals surface area contributed by atoms with Gasteiger partial charge >= 0.3 is 5.69 Å². The molecule has 0 aliphatic rings. The molecule has 0 spiro atoms. The molecule has 154 valence electrons. The Morgan fingerprint density at radius 2 is 1.79 bits per heavy atom. The molecule has 2 heterocycles. The van der Waals surface area contributed by atoms with Crippen molar-refractivity contribution in [2.75, 3.05) is 0 Å². The van der Waals surface area contributed by atoms with Crippen molar-refractivity contribution < 1.29 is 4.79 Å². The summed E-state index contributed by atoms with van der Waals surface area (Å²) in [7, 11) is 0. The molecule has 0 fully saturated rings. The first-order valence-electron chi connectivity index (χ1n) is 9.61. The van der Waals surface area contributed by atoms with Gasteiger partial charge in [-0.1, -0.05) is 43.0 Å². The van der Waals surface area contributed by atoms with Crippen molar-refractivity contribution in [3.63, 3.8) is 0 Å². The smallest absolute Gasteiger partial charge is 0.331 e. The van der Waals surface area contributed by atoms with Gasteiger partial charge < -0.3 is 5.73 Å². The number of unbranched alkanes of at least 4 members (excludes halogenated alkanes) is 1. The molecule has 0 aliphatic heterocycles. The summed E-state index contributed by atoms with van der Waals surface area (Å²) in [5.74, 6) is -0.546. The molecule has 0 bridgehead atoms. The topological polar surface area (TPSA) is 82.9 Å². The van der Waals surface area contributed by atoms with Gasteiger partial charge in [-0.25, -0.2) is 9.78 Å². The second-order valence-electron chi connectivity index (χ2n) is 7.33. The van der Waals surface area contributed by atoms with E-state index in [-0.39, 0.29) is 5.69 Å². The quantitative estimate of drug-likeness (QED) is 0.590. The van der Waals surface area contributed by atoms with Gasteiger partial charge in [-0.15, -0.1) is 0 Å². The molecule has 1 unspecified atom stereocenters. The van der Waals surface area contributed by atoms with E-state index in [9.17, 15) is 9.59 Å². The lowest BCUT2D eigenvalue weighted by Gasteiger charge is -2.27. The molecular formula is C21H24Cl2N4O2. The molecule has 2 aromatic heterocycles. The third-order valence-electron chi connectivity index (χ3n) is 5.33. The second kappa shape index (κ2) is 8.20. The number of rotatable bonds is 7. The van der Waals surface area contributed by atoms with Gasteiger partial charge in [-0.2, -0.15) is 0 Å². The predicted molar refractivity (Wildman–Crippen MR) is 117 cm³/mol. The van der Waals surface area contributed by atoms with Crippen LogP contribution >= 0.6 is 23.2 Å². The zero-order valence-corrected chi connectivity index (χ0v) is 18.2. The maximum Gasteiger partial charge on any atom is 0.331 e. The highest BCUT2D eigenvalue weighted by Crippen LogP contribution is 2.31. The minimum atomic E-state index is -1.15. The van der Waals surface area contributed by atoms with Gasteiger partial charge in [0, 0.05) is 28.4 Å². The molecule has 0 saturated heterocycles. The van der Waals surface area contributed by atoms with Crippen LogP contribution in [0.15, 0.2) is 35.3 Å². The first kappa shape index (κ1) is 21.4. The Morgan fingerprint density at radius 1 is 1.14 bits per heavy atom. The number of nitrogens with two attached hydrogens (primary N) is 1. The van der Waals surface area contributed by atoms with Gasteiger partial charge in [-0.05, 0) is 50.1 Å². The van der Waals surface area contributed by atoms with Crippen LogP contribution in [0.25, 0.3) is 22.3 Å². The van der Waals surface area contributed by atoms with E-state index in [0.717, 1.165) is 24.0 Å². The van der Waals surface area contributed by atoms with Gasteiger partial charge in [0.25, 0.3) is 0 Å². The van der Waals surface area contributed by atoms with E-state index >= 15 is 0 Å². The summed E-state index contributed by atoms with van der Waals surface area (Å²) >= 11 is 12.3. The first-order chi connectivity index (χ1) is 13.7. The summed E-state index contributed by atoms with van der Waals surface area (Å²) in [6.45, 7) is 6.05. The number of carbonyl (C=O) groups excluding carboxylic acids is 1. The molecule has 3 rings (SSSR count). The van der Waals surface area contributed by atoms with Crippen LogP contribution in [0.4, 0.5) is 0 Å². The lowest BCUT2D eigenvalue weighted by atomic mass is 9.93. The molecule has 0 saturated carbocycles. The van der Waals surface area contributed by atoms with Crippen LogP contribution in [0.1, 0.15) is 40.0 Å². The summed E-state index contributed by atoms with van der Waals surface area (Å²) in [5.41, 5.74) is 6.93. The van der Waals surface area contributed by atoms with Crippen LogP contribution in [-0.2, 0) is 16.9 Å². The molecule has 0 radical (unpaired) electrons. The minimum Gasteiger partial charge on any atom is -0.368 e. The number of hydrogen-bond acceptors (Lipinski definition) is 3. The van der Waals surface area contributed by atoms with Gasteiger partial charge in [0.15, 0.2) is 5.65 Å². The maximum absolute atomic E-state index is 13.2. The number of nitrogens with zero attached hydrogens (tertiary/aromatic N) is 3. The number of primary amides is 1. The largest absolute Gasteiger partial charge is 0.368 e. The number of amides is 1. The molecule has 8 heteroatoms. The third kappa shape index (κ3) is 3.79. The zero-order valence-electron chi connectivity index (χ0n) is 16.7. The number of imidazole rings is 1. The fraction of sp³-hybridized carbons (Fsp3) is 0.381. The number of halogens is 2. The summed E-state index contributed by atoms with van der Waals surface area (Å²) < 4.78 is 3.05. The molecule has 2 N–H and O–H groups in total. The van der Waals surface area contributed by atoms with Crippen molar-refractivity contribution in [3.05, 3.63) is 51.0 Å². The van der Waals surface area contributed by atoms with Crippen molar-refractivity contribution in [3.8, 4) is 11.1 Å². The zero-order chi connectivity index (χ0) is 21.3. The van der Waals surface area contributed by atoms with Gasteiger partial charge in [0.05, 0.1) is 5.52 Å². The van der Waals surface area contributed by atoms with Crippen molar-refractivity contribution in [1.29, 1.82) is 0 Å². The highest BCUT2D eigenvalue weighted by Gasteiger charge is 2.37. The van der Waals surface area contributed by atoms with Crippen LogP contribution < -0.4 is 11.4 Å². The van der Waals surface area contributed by atoms with Crippen molar-refractivity contribution in [2.24, 2.45) is 5.73 Å². The van der Waals surface area contributed by atoms with Gasteiger partial charge in [0.1, 0.15) is 5.54 Å². The van der Waals surface area contributed by atoms with Crippen LogP contribution in [-0.4, -0.2) is 20.0 Å². The Hall–Kier alpha value is -2.31. The Morgan fingerprint density at radius 3 is 2.34 bits per heavy atom. The Kier molecular flexibility index (Phi) is 6.05. The van der Waals surface area contributed by atoms with E-state index in [1.807, 2.05) is 19.9 Å². The van der Waals surface area contributed by atoms with Crippen molar-refractivity contribution in [1.82, 2.24) is 14.1 Å². The number of benzene rings is 1. The Balaban J connectivity index is 2.28. The van der Waals surface area contributed by atoms with E-state index in [0.29, 0.717) is 34.2 Å².